The quantitative estimate of drug-likeness (QED) is 0.764. The molecule has 0 amide bonds. The summed E-state index contributed by atoms with van der Waals surface area (Å²) in [5.74, 6) is 1.94. The highest BCUT2D eigenvalue weighted by molar-refractivity contribution is 9.10. The van der Waals surface area contributed by atoms with Crippen LogP contribution in [0.25, 0.3) is 0 Å². The summed E-state index contributed by atoms with van der Waals surface area (Å²) in [4.78, 5) is 15.7. The minimum absolute atomic E-state index is 0.478. The summed E-state index contributed by atoms with van der Waals surface area (Å²) in [6.45, 7) is 3.21. The fraction of sp³-hybridized carbons (Fsp3) is 0.474. The highest BCUT2D eigenvalue weighted by Gasteiger charge is 2.24. The van der Waals surface area contributed by atoms with Crippen LogP contribution in [0.1, 0.15) is 18.4 Å². The Morgan fingerprint density at radius 2 is 1.96 bits per heavy atom. The van der Waals surface area contributed by atoms with E-state index in [1.54, 1.807) is 6.33 Å². The molecule has 3 rings (SSSR count). The van der Waals surface area contributed by atoms with Gasteiger partial charge in [0.1, 0.15) is 18.0 Å². The highest BCUT2D eigenvalue weighted by Crippen LogP contribution is 2.23. The molecule has 0 spiro atoms. The number of nitrogens with zero attached hydrogens (tertiary/aromatic N) is 5. The van der Waals surface area contributed by atoms with Crippen molar-refractivity contribution in [3.63, 3.8) is 0 Å². The van der Waals surface area contributed by atoms with Crippen LogP contribution in [-0.4, -0.2) is 55.1 Å². The average Bonchev–Trinajstić information content (AvgIpc) is 2.61. The number of hydrogen-bond acceptors (Lipinski definition) is 5. The number of likely N-dealkylation sites (tertiary alicyclic amines) is 1. The SMILES string of the molecule is CN(C)c1cc(N(C)C2CCCN(Cc3cccc(Br)c3)C2)ncn1. The minimum atomic E-state index is 0.478. The number of rotatable bonds is 5. The second kappa shape index (κ2) is 8.15. The van der Waals surface area contributed by atoms with Gasteiger partial charge in [0.05, 0.1) is 0 Å². The monoisotopic (exact) mass is 403 g/mol. The Morgan fingerprint density at radius 3 is 2.72 bits per heavy atom. The molecule has 1 fully saturated rings. The second-order valence-electron chi connectivity index (χ2n) is 6.90. The Bertz CT molecular complexity index is 706. The molecule has 1 aromatic heterocycles. The zero-order valence-corrected chi connectivity index (χ0v) is 16.8. The molecule has 1 unspecified atom stereocenters. The molecule has 1 aromatic carbocycles. The van der Waals surface area contributed by atoms with Crippen molar-refractivity contribution in [2.75, 3.05) is 44.0 Å². The molecule has 5 nitrogen and oxygen atoms in total. The number of aromatic nitrogens is 2. The summed E-state index contributed by atoms with van der Waals surface area (Å²) in [7, 11) is 6.16. The lowest BCUT2D eigenvalue weighted by atomic mass is 10.0. The number of anilines is 2. The average molecular weight is 404 g/mol. The van der Waals surface area contributed by atoms with Gasteiger partial charge in [-0.2, -0.15) is 0 Å². The van der Waals surface area contributed by atoms with Crippen molar-refractivity contribution in [3.8, 4) is 0 Å². The van der Waals surface area contributed by atoms with Crippen LogP contribution in [-0.2, 0) is 6.54 Å². The topological polar surface area (TPSA) is 35.5 Å². The molecule has 0 N–H and O–H groups in total. The van der Waals surface area contributed by atoms with Crippen LogP contribution in [0.4, 0.5) is 11.6 Å². The van der Waals surface area contributed by atoms with Crippen molar-refractivity contribution in [2.45, 2.75) is 25.4 Å². The molecular formula is C19H26BrN5. The largest absolute Gasteiger partial charge is 0.363 e. The lowest BCUT2D eigenvalue weighted by Gasteiger charge is -2.38. The molecule has 0 bridgehead atoms. The summed E-state index contributed by atoms with van der Waals surface area (Å²) >= 11 is 3.57. The van der Waals surface area contributed by atoms with E-state index in [1.807, 2.05) is 19.0 Å². The molecule has 2 heterocycles. The number of hydrogen-bond donors (Lipinski definition) is 0. The van der Waals surface area contributed by atoms with Crippen molar-refractivity contribution in [1.29, 1.82) is 0 Å². The van der Waals surface area contributed by atoms with Crippen molar-refractivity contribution in [2.24, 2.45) is 0 Å². The van der Waals surface area contributed by atoms with Crippen LogP contribution < -0.4 is 9.80 Å². The molecule has 6 heteroatoms. The number of piperidine rings is 1. The third kappa shape index (κ3) is 4.70. The first-order chi connectivity index (χ1) is 12.0. The van der Waals surface area contributed by atoms with Gasteiger partial charge in [-0.15, -0.1) is 0 Å². The molecule has 0 saturated carbocycles. The van der Waals surface area contributed by atoms with E-state index in [0.717, 1.165) is 35.7 Å². The zero-order valence-electron chi connectivity index (χ0n) is 15.2. The first kappa shape index (κ1) is 18.1. The van der Waals surface area contributed by atoms with Crippen LogP contribution in [0, 0.1) is 0 Å². The summed E-state index contributed by atoms with van der Waals surface area (Å²) in [5, 5.41) is 0. The van der Waals surface area contributed by atoms with Crippen molar-refractivity contribution in [1.82, 2.24) is 14.9 Å². The fourth-order valence-electron chi connectivity index (χ4n) is 3.35. The Balaban J connectivity index is 1.67. The molecule has 25 heavy (non-hydrogen) atoms. The van der Waals surface area contributed by atoms with E-state index in [-0.39, 0.29) is 0 Å². The first-order valence-electron chi connectivity index (χ1n) is 8.72. The molecule has 2 aromatic rings. The van der Waals surface area contributed by atoms with Crippen molar-refractivity contribution in [3.05, 3.63) is 46.7 Å². The van der Waals surface area contributed by atoms with Crippen molar-refractivity contribution >= 4 is 27.6 Å². The summed E-state index contributed by atoms with van der Waals surface area (Å²) in [6.07, 6.45) is 4.07. The van der Waals surface area contributed by atoms with Gasteiger partial charge in [0.25, 0.3) is 0 Å². The molecule has 1 saturated heterocycles. The Hall–Kier alpha value is -1.66. The predicted octanol–water partition coefficient (Wildman–Crippen LogP) is 3.41. The van der Waals surface area contributed by atoms with E-state index >= 15 is 0 Å². The van der Waals surface area contributed by atoms with E-state index in [9.17, 15) is 0 Å². The van der Waals surface area contributed by atoms with Gasteiger partial charge in [0.15, 0.2) is 0 Å². The van der Waals surface area contributed by atoms with Gasteiger partial charge in [0.2, 0.25) is 0 Å². The summed E-state index contributed by atoms with van der Waals surface area (Å²) in [5.41, 5.74) is 1.36. The standard InChI is InChI=1S/C19H26BrN5/c1-23(2)18-11-19(22-14-21-18)24(3)17-8-5-9-25(13-17)12-15-6-4-7-16(20)10-15/h4,6-7,10-11,14,17H,5,8-9,12-13H2,1-3H3. The number of likely N-dealkylation sites (N-methyl/N-ethyl adjacent to an activating group) is 1. The second-order valence-corrected chi connectivity index (χ2v) is 7.82. The van der Waals surface area contributed by atoms with E-state index < -0.39 is 0 Å². The molecule has 1 atom stereocenters. The maximum Gasteiger partial charge on any atom is 0.134 e. The Kier molecular flexibility index (Phi) is 5.91. The Morgan fingerprint density at radius 1 is 1.16 bits per heavy atom. The third-order valence-electron chi connectivity index (χ3n) is 4.78. The first-order valence-corrected chi connectivity index (χ1v) is 9.51. The van der Waals surface area contributed by atoms with Gasteiger partial charge in [-0.25, -0.2) is 9.97 Å². The van der Waals surface area contributed by atoms with Crippen LogP contribution in [0.2, 0.25) is 0 Å². The number of benzene rings is 1. The molecule has 134 valence electrons. The van der Waals surface area contributed by atoms with Crippen LogP contribution in [0.3, 0.4) is 0 Å². The molecule has 1 aliphatic rings. The summed E-state index contributed by atoms with van der Waals surface area (Å²) in [6, 6.07) is 11.1. The van der Waals surface area contributed by atoms with Gasteiger partial charge in [-0.1, -0.05) is 28.1 Å². The highest BCUT2D eigenvalue weighted by atomic mass is 79.9. The fourth-order valence-corrected chi connectivity index (χ4v) is 3.79. The summed E-state index contributed by atoms with van der Waals surface area (Å²) < 4.78 is 1.15. The molecular weight excluding hydrogens is 378 g/mol. The van der Waals surface area contributed by atoms with Crippen LogP contribution in [0.5, 0.6) is 0 Å². The van der Waals surface area contributed by atoms with Gasteiger partial charge in [-0.05, 0) is 37.1 Å². The lowest BCUT2D eigenvalue weighted by molar-refractivity contribution is 0.198. The maximum atomic E-state index is 4.48. The van der Waals surface area contributed by atoms with E-state index in [1.165, 1.54) is 18.4 Å². The zero-order chi connectivity index (χ0) is 17.8. The molecule has 0 radical (unpaired) electrons. The number of halogens is 1. The smallest absolute Gasteiger partial charge is 0.134 e. The van der Waals surface area contributed by atoms with Crippen molar-refractivity contribution < 1.29 is 0 Å². The normalized spacial score (nSPS) is 18.2. The predicted molar refractivity (Wildman–Crippen MR) is 107 cm³/mol. The van der Waals surface area contributed by atoms with E-state index in [0.29, 0.717) is 6.04 Å². The molecule has 1 aliphatic heterocycles. The van der Waals surface area contributed by atoms with Gasteiger partial charge >= 0.3 is 0 Å². The van der Waals surface area contributed by atoms with E-state index in [4.69, 9.17) is 0 Å². The van der Waals surface area contributed by atoms with E-state index in [2.05, 4.69) is 73.1 Å². The lowest BCUT2D eigenvalue weighted by Crippen LogP contribution is -2.46. The third-order valence-corrected chi connectivity index (χ3v) is 5.27. The van der Waals surface area contributed by atoms with Crippen LogP contribution in [0.15, 0.2) is 41.1 Å². The minimum Gasteiger partial charge on any atom is -0.363 e. The molecule has 0 aliphatic carbocycles. The van der Waals surface area contributed by atoms with Crippen LogP contribution >= 0.6 is 15.9 Å². The van der Waals surface area contributed by atoms with Gasteiger partial charge < -0.3 is 9.80 Å². The Labute approximate surface area is 158 Å². The van der Waals surface area contributed by atoms with Gasteiger partial charge in [0, 0.05) is 50.8 Å². The maximum absolute atomic E-state index is 4.48. The van der Waals surface area contributed by atoms with Gasteiger partial charge in [-0.3, -0.25) is 4.90 Å².